The normalized spacial score (nSPS) is 13.5. The van der Waals surface area contributed by atoms with E-state index in [1.165, 1.54) is 48.5 Å². The minimum atomic E-state index is -4.28. The molecule has 2 N–H and O–H groups in total. The quantitative estimate of drug-likeness (QED) is 0.354. The second-order valence-electron chi connectivity index (χ2n) is 4.70. The zero-order valence-electron chi connectivity index (χ0n) is 11.9. The van der Waals surface area contributed by atoms with Crippen LogP contribution in [0.3, 0.4) is 0 Å². The van der Waals surface area contributed by atoms with Gasteiger partial charge in [-0.15, -0.1) is 25.3 Å². The molecule has 0 spiro atoms. The van der Waals surface area contributed by atoms with Crippen molar-refractivity contribution in [3.05, 3.63) is 59.7 Å². The van der Waals surface area contributed by atoms with Gasteiger partial charge in [0.05, 0.1) is 9.79 Å². The van der Waals surface area contributed by atoms with Crippen LogP contribution in [0.4, 0.5) is 0 Å². The Morgan fingerprint density at radius 1 is 0.625 bits per heavy atom. The predicted molar refractivity (Wildman–Crippen MR) is 97.3 cm³/mol. The molecule has 0 amide bonds. The Balaban J connectivity index is 2.40. The molecule has 128 valence electrons. The number of rotatable bonds is 4. The molecule has 0 heterocycles. The largest absolute Gasteiger partial charge is 0.294 e. The fourth-order valence-electron chi connectivity index (χ4n) is 1.84. The van der Waals surface area contributed by atoms with E-state index >= 15 is 0 Å². The van der Waals surface area contributed by atoms with Crippen LogP contribution < -0.4 is 0 Å². The van der Waals surface area contributed by atoms with Gasteiger partial charge in [-0.05, 0) is 35.4 Å². The molecule has 0 aliphatic rings. The van der Waals surface area contributed by atoms with Crippen LogP contribution in [0.15, 0.2) is 58.3 Å². The fourth-order valence-corrected chi connectivity index (χ4v) is 3.36. The van der Waals surface area contributed by atoms with Crippen molar-refractivity contribution in [1.29, 1.82) is 0 Å². The van der Waals surface area contributed by atoms with Crippen molar-refractivity contribution < 1.29 is 25.9 Å². The number of hydrogen-bond donors (Lipinski definition) is 4. The van der Waals surface area contributed by atoms with Gasteiger partial charge in [0.1, 0.15) is 0 Å². The van der Waals surface area contributed by atoms with Crippen LogP contribution >= 0.6 is 25.3 Å². The summed E-state index contributed by atoms with van der Waals surface area (Å²) in [5.41, 5.74) is 1.10. The highest BCUT2D eigenvalue weighted by Crippen LogP contribution is 2.32. The van der Waals surface area contributed by atoms with Crippen molar-refractivity contribution in [1.82, 2.24) is 0 Å². The average molecular weight is 405 g/mol. The van der Waals surface area contributed by atoms with Crippen LogP contribution in [-0.2, 0) is 20.2 Å². The van der Waals surface area contributed by atoms with Crippen LogP contribution in [0.2, 0.25) is 0 Å². The molecule has 0 aromatic heterocycles. The van der Waals surface area contributed by atoms with E-state index < -0.39 is 20.2 Å². The number of benzene rings is 2. The Hall–Kier alpha value is -1.30. The van der Waals surface area contributed by atoms with Crippen molar-refractivity contribution in [3.8, 4) is 0 Å². The first-order chi connectivity index (χ1) is 11.0. The third kappa shape index (κ3) is 4.41. The highest BCUT2D eigenvalue weighted by Gasteiger charge is 2.12. The third-order valence-electron chi connectivity index (χ3n) is 3.08. The van der Waals surface area contributed by atoms with Gasteiger partial charge in [0, 0.05) is 9.81 Å². The Morgan fingerprint density at radius 3 is 1.08 bits per heavy atom. The van der Waals surface area contributed by atoms with Gasteiger partial charge in [0.2, 0.25) is 0 Å². The minimum absolute atomic E-state index is 0.245. The molecule has 2 rings (SSSR count). The van der Waals surface area contributed by atoms with E-state index in [0.717, 1.165) is 0 Å². The molecule has 0 saturated heterocycles. The molecule has 24 heavy (non-hydrogen) atoms. The molecule has 0 aliphatic carbocycles. The molecule has 0 radical (unpaired) electrons. The summed E-state index contributed by atoms with van der Waals surface area (Å²) in [6, 6.07) is 10.7. The molecular weight excluding hydrogens is 392 g/mol. The van der Waals surface area contributed by atoms with Gasteiger partial charge in [-0.2, -0.15) is 16.8 Å². The summed E-state index contributed by atoms with van der Waals surface area (Å²) in [7, 11) is -8.55. The third-order valence-corrected chi connectivity index (χ3v) is 5.95. The molecule has 0 bridgehead atoms. The van der Waals surface area contributed by atoms with Gasteiger partial charge in [0.15, 0.2) is 0 Å². The van der Waals surface area contributed by atoms with Gasteiger partial charge in [0.25, 0.3) is 20.2 Å². The maximum Gasteiger partial charge on any atom is 0.294 e. The van der Waals surface area contributed by atoms with E-state index in [0.29, 0.717) is 20.9 Å². The van der Waals surface area contributed by atoms with E-state index in [9.17, 15) is 16.8 Å². The molecule has 0 unspecified atom stereocenters. The zero-order chi connectivity index (χ0) is 18.1. The zero-order valence-corrected chi connectivity index (χ0v) is 15.3. The summed E-state index contributed by atoms with van der Waals surface area (Å²) < 4.78 is 62.0. The first kappa shape index (κ1) is 19.0. The summed E-state index contributed by atoms with van der Waals surface area (Å²) in [5, 5.41) is 0. The topological polar surface area (TPSA) is 109 Å². The van der Waals surface area contributed by atoms with E-state index in [4.69, 9.17) is 9.11 Å². The molecule has 10 heteroatoms. The smallest absolute Gasteiger partial charge is 0.282 e. The number of hydrogen-bond acceptors (Lipinski definition) is 6. The highest BCUT2D eigenvalue weighted by molar-refractivity contribution is 7.96. The van der Waals surface area contributed by atoms with Gasteiger partial charge in [-0.25, -0.2) is 0 Å². The van der Waals surface area contributed by atoms with Crippen LogP contribution in [0.5, 0.6) is 0 Å². The number of thiol groups is 2. The standard InChI is InChI=1S/C14H12O6S4/c15-23(16,17)11-5-1-9(2-6-11)13(21)14(22)10-3-7-12(8-4-10)24(18,19)20/h1-8,21-22H,(H,15,16,17)(H,18,19,20). The monoisotopic (exact) mass is 404 g/mol. The summed E-state index contributed by atoms with van der Waals surface area (Å²) in [6.07, 6.45) is 0. The van der Waals surface area contributed by atoms with E-state index in [1.54, 1.807) is 0 Å². The molecule has 0 aliphatic heterocycles. The summed E-state index contributed by atoms with van der Waals surface area (Å²) in [5.74, 6) is 0. The van der Waals surface area contributed by atoms with E-state index in [2.05, 4.69) is 25.3 Å². The molecule has 0 fully saturated rings. The molecular formula is C14H12O6S4. The predicted octanol–water partition coefficient (Wildman–Crippen LogP) is 2.87. The lowest BCUT2D eigenvalue weighted by Crippen LogP contribution is -1.98. The summed E-state index contributed by atoms with van der Waals surface area (Å²) in [4.78, 5) is 0.343. The summed E-state index contributed by atoms with van der Waals surface area (Å²) in [6.45, 7) is 0. The second-order valence-corrected chi connectivity index (χ2v) is 8.43. The Labute approximate surface area is 150 Å². The lowest BCUT2D eigenvalue weighted by atomic mass is 10.1. The Bertz CT molecular complexity index is 905. The first-order valence-corrected chi connectivity index (χ1v) is 10.1. The van der Waals surface area contributed by atoms with Gasteiger partial charge >= 0.3 is 0 Å². The highest BCUT2D eigenvalue weighted by atomic mass is 32.2. The van der Waals surface area contributed by atoms with Crippen molar-refractivity contribution >= 4 is 55.3 Å². The first-order valence-electron chi connectivity index (χ1n) is 6.28. The van der Waals surface area contributed by atoms with Crippen LogP contribution in [-0.4, -0.2) is 25.9 Å². The maximum absolute atomic E-state index is 11.0. The molecule has 2 aromatic rings. The van der Waals surface area contributed by atoms with Crippen molar-refractivity contribution in [2.24, 2.45) is 0 Å². The van der Waals surface area contributed by atoms with Crippen molar-refractivity contribution in [2.45, 2.75) is 9.79 Å². The summed E-state index contributed by atoms with van der Waals surface area (Å²) >= 11 is 8.68. The van der Waals surface area contributed by atoms with Crippen molar-refractivity contribution in [2.75, 3.05) is 0 Å². The van der Waals surface area contributed by atoms with Gasteiger partial charge in [-0.1, -0.05) is 24.3 Å². The SMILES string of the molecule is O=S(=O)(O)c1ccc(C(S)=C(S)c2ccc(S(=O)(=O)O)cc2)cc1. The minimum Gasteiger partial charge on any atom is -0.282 e. The fraction of sp³-hybridized carbons (Fsp3) is 0. The average Bonchev–Trinajstić information content (AvgIpc) is 2.52. The van der Waals surface area contributed by atoms with E-state index in [1.807, 2.05) is 0 Å². The van der Waals surface area contributed by atoms with Gasteiger partial charge < -0.3 is 0 Å². The Kier molecular flexibility index (Phi) is 5.47. The maximum atomic E-state index is 11.0. The van der Waals surface area contributed by atoms with Gasteiger partial charge in [-0.3, -0.25) is 9.11 Å². The van der Waals surface area contributed by atoms with Crippen LogP contribution in [0, 0.1) is 0 Å². The van der Waals surface area contributed by atoms with E-state index in [-0.39, 0.29) is 9.79 Å². The molecule has 6 nitrogen and oxygen atoms in total. The van der Waals surface area contributed by atoms with Crippen molar-refractivity contribution in [3.63, 3.8) is 0 Å². The Morgan fingerprint density at radius 2 is 0.875 bits per heavy atom. The lowest BCUT2D eigenvalue weighted by molar-refractivity contribution is 0.481. The lowest BCUT2D eigenvalue weighted by Gasteiger charge is -2.08. The van der Waals surface area contributed by atoms with Crippen LogP contribution in [0.1, 0.15) is 11.1 Å². The van der Waals surface area contributed by atoms with Crippen LogP contribution in [0.25, 0.3) is 9.81 Å². The molecule has 0 atom stereocenters. The molecule has 2 aromatic carbocycles. The second kappa shape index (κ2) is 6.90. The molecule has 0 saturated carbocycles.